The van der Waals surface area contributed by atoms with Gasteiger partial charge in [-0.3, -0.25) is 4.68 Å². The number of nitrogens with one attached hydrogen (secondary N) is 1. The Kier molecular flexibility index (Phi) is 4.92. The summed E-state index contributed by atoms with van der Waals surface area (Å²) in [7, 11) is -6.65. The number of fused-ring (bicyclic) bond motifs is 1. The van der Waals surface area contributed by atoms with Crippen LogP contribution in [0.5, 0.6) is 0 Å². The van der Waals surface area contributed by atoms with Gasteiger partial charge in [0.15, 0.2) is 15.7 Å². The third kappa shape index (κ3) is 3.34. The number of aromatic amines is 1. The minimum Gasteiger partial charge on any atom is -0.304 e. The maximum absolute atomic E-state index is 13.4. The number of H-pyrrole nitrogens is 1. The van der Waals surface area contributed by atoms with Gasteiger partial charge in [-0.05, 0) is 48.4 Å². The van der Waals surface area contributed by atoms with Crippen LogP contribution in [-0.2, 0) is 32.8 Å². The molecule has 170 valence electrons. The van der Waals surface area contributed by atoms with Gasteiger partial charge in [0.2, 0.25) is 10.0 Å². The number of sulfone groups is 1. The van der Waals surface area contributed by atoms with Crippen molar-refractivity contribution in [2.24, 2.45) is 5.14 Å². The third-order valence-corrected chi connectivity index (χ3v) is 9.29. The van der Waals surface area contributed by atoms with Crippen molar-refractivity contribution in [3.05, 3.63) is 24.0 Å². The molecule has 5 rings (SSSR count). The molecule has 3 aromatic rings. The van der Waals surface area contributed by atoms with E-state index in [9.17, 15) is 16.8 Å². The average Bonchev–Trinajstić information content (AvgIpc) is 3.39. The van der Waals surface area contributed by atoms with Crippen molar-refractivity contribution in [1.29, 1.82) is 0 Å². The van der Waals surface area contributed by atoms with E-state index in [1.54, 1.807) is 19.3 Å². The van der Waals surface area contributed by atoms with Crippen LogP contribution in [0.2, 0.25) is 0 Å². The number of nitrogens with two attached hydrogens (primary N) is 1. The van der Waals surface area contributed by atoms with Crippen molar-refractivity contribution < 1.29 is 16.8 Å². The molecule has 2 aromatic heterocycles. The number of aromatic nitrogens is 6. The molecule has 32 heavy (non-hydrogen) atoms. The molecule has 0 spiro atoms. The van der Waals surface area contributed by atoms with E-state index in [4.69, 9.17) is 5.14 Å². The highest BCUT2D eigenvalue weighted by molar-refractivity contribution is 7.94. The lowest BCUT2D eigenvalue weighted by Gasteiger charge is -2.35. The van der Waals surface area contributed by atoms with Gasteiger partial charge in [0.05, 0.1) is 16.3 Å². The highest BCUT2D eigenvalue weighted by atomic mass is 32.2. The number of hydrogen-bond acceptors (Lipinski definition) is 9. The van der Waals surface area contributed by atoms with Gasteiger partial charge in [-0.25, -0.2) is 27.1 Å². The summed E-state index contributed by atoms with van der Waals surface area (Å²) >= 11 is 0. The fraction of sp³-hybridized carbons (Fsp3) is 0.444. The summed E-state index contributed by atoms with van der Waals surface area (Å²) in [5, 5.41) is 22.9. The largest absolute Gasteiger partial charge is 0.304 e. The molecule has 0 amide bonds. The summed E-state index contributed by atoms with van der Waals surface area (Å²) in [5.74, 6) is 0.0163. The highest BCUT2D eigenvalue weighted by Gasteiger charge is 2.41. The summed E-state index contributed by atoms with van der Waals surface area (Å²) in [4.78, 5) is 1.00. The van der Waals surface area contributed by atoms with Gasteiger partial charge in [0, 0.05) is 36.5 Å². The topological polar surface area (TPSA) is 170 Å². The van der Waals surface area contributed by atoms with Gasteiger partial charge in [-0.15, -0.1) is 5.10 Å². The van der Waals surface area contributed by atoms with Crippen LogP contribution in [0.15, 0.2) is 28.1 Å². The molecule has 0 unspecified atom stereocenters. The van der Waals surface area contributed by atoms with E-state index in [-0.39, 0.29) is 16.3 Å². The first-order valence-corrected chi connectivity index (χ1v) is 13.2. The standard InChI is InChI=1S/C18H22N8O4S2/c1-25-9-11(10-25)31(27,28)15-6-5-12(13-8-20-26-7-3-2-4-14(13)26)16(17(15)32(19,29)30)18-21-23-24-22-18/h5-6,8,11H,2-4,7,9-10H2,1H3,(H2,19,29,30)(H,21,22,23,24). The molecule has 0 radical (unpaired) electrons. The van der Waals surface area contributed by atoms with E-state index in [2.05, 4.69) is 25.7 Å². The Balaban J connectivity index is 1.82. The Bertz CT molecular complexity index is 1390. The molecular formula is C18H22N8O4S2. The molecule has 14 heteroatoms. The second-order valence-corrected chi connectivity index (χ2v) is 11.9. The quantitative estimate of drug-likeness (QED) is 0.504. The Hall–Kier alpha value is -2.68. The predicted molar refractivity (Wildman–Crippen MR) is 114 cm³/mol. The van der Waals surface area contributed by atoms with Crippen LogP contribution >= 0.6 is 0 Å². The molecule has 1 saturated heterocycles. The monoisotopic (exact) mass is 478 g/mol. The molecule has 4 heterocycles. The number of sulfonamides is 1. The Morgan fingerprint density at radius 1 is 1.12 bits per heavy atom. The van der Waals surface area contributed by atoms with Crippen LogP contribution < -0.4 is 5.14 Å². The average molecular weight is 479 g/mol. The number of rotatable bonds is 5. The summed E-state index contributed by atoms with van der Waals surface area (Å²) in [6, 6.07) is 2.91. The van der Waals surface area contributed by atoms with Crippen molar-refractivity contribution in [2.75, 3.05) is 20.1 Å². The number of likely N-dealkylation sites (tertiary alicyclic amines) is 1. The third-order valence-electron chi connectivity index (χ3n) is 6.04. The fourth-order valence-electron chi connectivity index (χ4n) is 4.46. The minimum atomic E-state index is -4.47. The first-order chi connectivity index (χ1) is 15.2. The number of benzene rings is 1. The van der Waals surface area contributed by atoms with E-state index >= 15 is 0 Å². The van der Waals surface area contributed by atoms with Crippen molar-refractivity contribution in [2.45, 2.75) is 40.8 Å². The van der Waals surface area contributed by atoms with Gasteiger partial charge in [0.25, 0.3) is 0 Å². The van der Waals surface area contributed by atoms with Crippen LogP contribution in [-0.4, -0.2) is 77.5 Å². The van der Waals surface area contributed by atoms with Crippen LogP contribution in [0.25, 0.3) is 22.5 Å². The van der Waals surface area contributed by atoms with Gasteiger partial charge in [-0.2, -0.15) is 5.10 Å². The SMILES string of the molecule is CN1CC(S(=O)(=O)c2ccc(-c3cnn4c3CCCC4)c(-c3nnn[nH]3)c2S(N)(=O)=O)C1. The fourth-order valence-corrected chi connectivity index (χ4v) is 7.87. The lowest BCUT2D eigenvalue weighted by Crippen LogP contribution is -2.52. The maximum atomic E-state index is 13.4. The smallest absolute Gasteiger partial charge is 0.240 e. The molecule has 0 aliphatic carbocycles. The van der Waals surface area contributed by atoms with Gasteiger partial charge < -0.3 is 4.90 Å². The number of nitrogens with zero attached hydrogens (tertiary/aromatic N) is 6. The molecule has 0 bridgehead atoms. The first kappa shape index (κ1) is 21.2. The number of tetrazole rings is 1. The van der Waals surface area contributed by atoms with Crippen molar-refractivity contribution in [3.8, 4) is 22.5 Å². The van der Waals surface area contributed by atoms with Crippen molar-refractivity contribution in [3.63, 3.8) is 0 Å². The summed E-state index contributed by atoms with van der Waals surface area (Å²) in [5.41, 5.74) is 2.14. The summed E-state index contributed by atoms with van der Waals surface area (Å²) in [6.07, 6.45) is 4.40. The number of hydrogen-bond donors (Lipinski definition) is 2. The molecule has 0 saturated carbocycles. The second-order valence-electron chi connectivity index (χ2n) is 8.18. The van der Waals surface area contributed by atoms with Crippen LogP contribution in [0.4, 0.5) is 0 Å². The minimum absolute atomic E-state index is 0.0163. The Labute approximate surface area is 184 Å². The van der Waals surface area contributed by atoms with Gasteiger partial charge in [0.1, 0.15) is 4.90 Å². The zero-order chi connectivity index (χ0) is 22.7. The molecular weight excluding hydrogens is 456 g/mol. The lowest BCUT2D eigenvalue weighted by molar-refractivity contribution is 0.231. The number of primary sulfonamides is 1. The van der Waals surface area contributed by atoms with Crippen LogP contribution in [0, 0.1) is 0 Å². The first-order valence-electron chi connectivity index (χ1n) is 10.1. The van der Waals surface area contributed by atoms with Crippen molar-refractivity contribution >= 4 is 19.9 Å². The highest BCUT2D eigenvalue weighted by Crippen LogP contribution is 2.41. The number of aryl methyl sites for hydroxylation is 1. The molecule has 0 atom stereocenters. The lowest BCUT2D eigenvalue weighted by atomic mass is 9.96. The van der Waals surface area contributed by atoms with E-state index < -0.39 is 30.0 Å². The van der Waals surface area contributed by atoms with Crippen LogP contribution in [0.1, 0.15) is 18.5 Å². The zero-order valence-corrected chi connectivity index (χ0v) is 18.9. The van der Waals surface area contributed by atoms with E-state index in [0.717, 1.165) is 31.5 Å². The Morgan fingerprint density at radius 3 is 2.56 bits per heavy atom. The zero-order valence-electron chi connectivity index (χ0n) is 17.3. The molecule has 3 N–H and O–H groups in total. The van der Waals surface area contributed by atoms with E-state index in [0.29, 0.717) is 24.2 Å². The predicted octanol–water partition coefficient (Wildman–Crippen LogP) is -0.198. The van der Waals surface area contributed by atoms with Crippen molar-refractivity contribution in [1.82, 2.24) is 35.3 Å². The van der Waals surface area contributed by atoms with E-state index in [1.165, 1.54) is 6.07 Å². The van der Waals surface area contributed by atoms with Gasteiger partial charge >= 0.3 is 0 Å². The van der Waals surface area contributed by atoms with Crippen LogP contribution in [0.3, 0.4) is 0 Å². The summed E-state index contributed by atoms with van der Waals surface area (Å²) in [6.45, 7) is 1.38. The maximum Gasteiger partial charge on any atom is 0.240 e. The van der Waals surface area contributed by atoms with Gasteiger partial charge in [-0.1, -0.05) is 6.07 Å². The van der Waals surface area contributed by atoms with E-state index in [1.807, 2.05) is 9.58 Å². The Morgan fingerprint density at radius 2 is 1.91 bits per heavy atom. The normalized spacial score (nSPS) is 17.8. The molecule has 1 fully saturated rings. The molecule has 2 aliphatic heterocycles. The second kappa shape index (κ2) is 7.43. The molecule has 1 aromatic carbocycles. The molecule has 2 aliphatic rings. The molecule has 12 nitrogen and oxygen atoms in total. The summed E-state index contributed by atoms with van der Waals surface area (Å²) < 4.78 is 54.2.